The van der Waals surface area contributed by atoms with E-state index in [1.165, 1.54) is 12.8 Å². The molecule has 0 atom stereocenters. The van der Waals surface area contributed by atoms with Gasteiger partial charge in [0.25, 0.3) is 5.91 Å². The number of aryl methyl sites for hydroxylation is 1. The summed E-state index contributed by atoms with van der Waals surface area (Å²) in [5.41, 5.74) is 2.46. The molecule has 1 amide bonds. The Balaban J connectivity index is 2.01. The molecule has 1 aliphatic carbocycles. The molecule has 0 spiro atoms. The molecule has 1 fully saturated rings. The van der Waals surface area contributed by atoms with Crippen molar-refractivity contribution in [2.24, 2.45) is 0 Å². The fourth-order valence-corrected chi connectivity index (χ4v) is 2.74. The number of amides is 1. The number of carbonyl (C=O) groups excluding carboxylic acids is 1. The van der Waals surface area contributed by atoms with Crippen molar-refractivity contribution in [2.75, 3.05) is 19.4 Å². The van der Waals surface area contributed by atoms with Gasteiger partial charge >= 0.3 is 0 Å². The average Bonchev–Trinajstić information content (AvgIpc) is 3.24. The van der Waals surface area contributed by atoms with Gasteiger partial charge in [0.1, 0.15) is 6.61 Å². The lowest BCUT2D eigenvalue weighted by molar-refractivity contribution is 0.0953. The van der Waals surface area contributed by atoms with Crippen LogP contribution in [-0.2, 0) is 0 Å². The third kappa shape index (κ3) is 3.56. The number of rotatable bonds is 4. The zero-order valence-electron chi connectivity index (χ0n) is 11.8. The number of carbonyl (C=O) groups is 1. The van der Waals surface area contributed by atoms with Crippen molar-refractivity contribution in [3.8, 4) is 11.8 Å². The smallest absolute Gasteiger partial charge is 0.251 e. The minimum atomic E-state index is -0.154. The molecule has 0 aromatic heterocycles. The van der Waals surface area contributed by atoms with Gasteiger partial charge in [-0.3, -0.25) is 4.79 Å². The molecule has 0 saturated heterocycles. The molecule has 4 heteroatoms. The molecule has 0 radical (unpaired) electrons. The summed E-state index contributed by atoms with van der Waals surface area (Å²) >= 11 is 1.83. The Bertz CT molecular complexity index is 568. The quantitative estimate of drug-likeness (QED) is 0.833. The van der Waals surface area contributed by atoms with Crippen LogP contribution in [0.2, 0.25) is 0 Å². The molecule has 20 heavy (non-hydrogen) atoms. The maximum absolute atomic E-state index is 12.1. The van der Waals surface area contributed by atoms with E-state index in [4.69, 9.17) is 5.11 Å². The third-order valence-corrected chi connectivity index (χ3v) is 5.02. The van der Waals surface area contributed by atoms with E-state index in [1.807, 2.05) is 30.8 Å². The maximum Gasteiger partial charge on any atom is 0.251 e. The zero-order valence-corrected chi connectivity index (χ0v) is 12.6. The van der Waals surface area contributed by atoms with Crippen LogP contribution in [-0.4, -0.2) is 35.2 Å². The number of hydrogen-bond acceptors (Lipinski definition) is 3. The van der Waals surface area contributed by atoms with Crippen molar-refractivity contribution in [1.29, 1.82) is 0 Å². The molecule has 2 N–H and O–H groups in total. The van der Waals surface area contributed by atoms with Crippen molar-refractivity contribution < 1.29 is 9.90 Å². The predicted molar refractivity (Wildman–Crippen MR) is 83.0 cm³/mol. The second-order valence-corrected chi connectivity index (χ2v) is 6.33. The molecule has 1 aromatic carbocycles. The Morgan fingerprint density at radius 2 is 2.25 bits per heavy atom. The van der Waals surface area contributed by atoms with Gasteiger partial charge < -0.3 is 10.4 Å². The van der Waals surface area contributed by atoms with Gasteiger partial charge in [0.15, 0.2) is 0 Å². The Labute approximate surface area is 124 Å². The first-order valence-electron chi connectivity index (χ1n) is 6.64. The first-order valence-corrected chi connectivity index (χ1v) is 7.86. The SMILES string of the molecule is CSC1(CNC(=O)c2ccc(C#CCO)c(C)c2)CC1. The molecule has 2 rings (SSSR count). The minimum Gasteiger partial charge on any atom is -0.384 e. The summed E-state index contributed by atoms with van der Waals surface area (Å²) in [6.07, 6.45) is 4.46. The van der Waals surface area contributed by atoms with Crippen LogP contribution >= 0.6 is 11.8 Å². The largest absolute Gasteiger partial charge is 0.384 e. The zero-order chi connectivity index (χ0) is 14.6. The average molecular weight is 289 g/mol. The number of benzene rings is 1. The molecule has 0 unspecified atom stereocenters. The van der Waals surface area contributed by atoms with Gasteiger partial charge in [0, 0.05) is 22.4 Å². The molecule has 1 aliphatic rings. The summed E-state index contributed by atoms with van der Waals surface area (Å²) < 4.78 is 0.275. The van der Waals surface area contributed by atoms with Crippen molar-refractivity contribution in [2.45, 2.75) is 24.5 Å². The van der Waals surface area contributed by atoms with Crippen molar-refractivity contribution >= 4 is 17.7 Å². The van der Waals surface area contributed by atoms with Crippen LogP contribution in [0.25, 0.3) is 0 Å². The Morgan fingerprint density at radius 3 is 2.80 bits per heavy atom. The molecule has 0 aliphatic heterocycles. The molecular formula is C16H19NO2S. The number of aliphatic hydroxyl groups is 1. The van der Waals surface area contributed by atoms with Gasteiger partial charge in [-0.1, -0.05) is 11.8 Å². The van der Waals surface area contributed by atoms with Gasteiger partial charge in [-0.25, -0.2) is 0 Å². The van der Waals surface area contributed by atoms with Gasteiger partial charge in [-0.05, 0) is 49.8 Å². The number of hydrogen-bond donors (Lipinski definition) is 2. The van der Waals surface area contributed by atoms with Crippen LogP contribution in [0.4, 0.5) is 0 Å². The molecule has 0 heterocycles. The van der Waals surface area contributed by atoms with Gasteiger partial charge in [-0.2, -0.15) is 11.8 Å². The van der Waals surface area contributed by atoms with Crippen LogP contribution in [0.3, 0.4) is 0 Å². The summed E-state index contributed by atoms with van der Waals surface area (Å²) in [5.74, 6) is 5.45. The summed E-state index contributed by atoms with van der Waals surface area (Å²) in [4.78, 5) is 12.1. The predicted octanol–water partition coefficient (Wildman–Crippen LogP) is 1.96. The number of thioether (sulfide) groups is 1. The fraction of sp³-hybridized carbons (Fsp3) is 0.438. The Kier molecular flexibility index (Phi) is 4.74. The van der Waals surface area contributed by atoms with Crippen molar-refractivity contribution in [1.82, 2.24) is 5.32 Å². The summed E-state index contributed by atoms with van der Waals surface area (Å²) in [6, 6.07) is 5.45. The Hall–Kier alpha value is -1.44. The second kappa shape index (κ2) is 6.34. The van der Waals surface area contributed by atoms with Gasteiger partial charge in [-0.15, -0.1) is 0 Å². The molecule has 106 valence electrons. The van der Waals surface area contributed by atoms with E-state index >= 15 is 0 Å². The lowest BCUT2D eigenvalue weighted by Crippen LogP contribution is -2.31. The second-order valence-electron chi connectivity index (χ2n) is 5.06. The lowest BCUT2D eigenvalue weighted by Gasteiger charge is -2.13. The van der Waals surface area contributed by atoms with E-state index < -0.39 is 0 Å². The molecule has 0 bridgehead atoms. The highest BCUT2D eigenvalue weighted by Gasteiger charge is 2.41. The number of aliphatic hydroxyl groups excluding tert-OH is 1. The normalized spacial score (nSPS) is 15.2. The van der Waals surface area contributed by atoms with E-state index in [0.717, 1.165) is 17.7 Å². The van der Waals surface area contributed by atoms with E-state index in [-0.39, 0.29) is 17.3 Å². The van der Waals surface area contributed by atoms with Crippen LogP contribution in [0.1, 0.15) is 34.3 Å². The van der Waals surface area contributed by atoms with E-state index in [2.05, 4.69) is 23.4 Å². The lowest BCUT2D eigenvalue weighted by atomic mass is 10.0. The van der Waals surface area contributed by atoms with Crippen LogP contribution < -0.4 is 5.32 Å². The van der Waals surface area contributed by atoms with Crippen LogP contribution in [0, 0.1) is 18.8 Å². The highest BCUT2D eigenvalue weighted by Crippen LogP contribution is 2.46. The van der Waals surface area contributed by atoms with Crippen molar-refractivity contribution in [3.05, 3.63) is 34.9 Å². The standard InChI is InChI=1S/C16H19NO2S/c1-12-10-14(6-5-13(12)4-3-9-18)15(19)17-11-16(20-2)7-8-16/h5-6,10,18H,7-9,11H2,1-2H3,(H,17,19). The first-order chi connectivity index (χ1) is 9.60. The third-order valence-electron chi connectivity index (χ3n) is 3.60. The minimum absolute atomic E-state index is 0.0323. The highest BCUT2D eigenvalue weighted by atomic mass is 32.2. The first kappa shape index (κ1) is 15.0. The van der Waals surface area contributed by atoms with Gasteiger partial charge in [0.05, 0.1) is 0 Å². The molecule has 1 saturated carbocycles. The van der Waals surface area contributed by atoms with E-state index in [0.29, 0.717) is 5.56 Å². The summed E-state index contributed by atoms with van der Waals surface area (Å²) in [5, 5.41) is 11.7. The van der Waals surface area contributed by atoms with Crippen LogP contribution in [0.5, 0.6) is 0 Å². The highest BCUT2D eigenvalue weighted by molar-refractivity contribution is 8.00. The fourth-order valence-electron chi connectivity index (χ4n) is 2.02. The van der Waals surface area contributed by atoms with E-state index in [1.54, 1.807) is 6.07 Å². The molecule has 1 aromatic rings. The number of nitrogens with one attached hydrogen (secondary N) is 1. The van der Waals surface area contributed by atoms with Crippen molar-refractivity contribution in [3.63, 3.8) is 0 Å². The monoisotopic (exact) mass is 289 g/mol. The van der Waals surface area contributed by atoms with Crippen LogP contribution in [0.15, 0.2) is 18.2 Å². The topological polar surface area (TPSA) is 49.3 Å². The molecule has 3 nitrogen and oxygen atoms in total. The summed E-state index contributed by atoms with van der Waals surface area (Å²) in [7, 11) is 0. The summed E-state index contributed by atoms with van der Waals surface area (Å²) in [6.45, 7) is 2.50. The molecular weight excluding hydrogens is 270 g/mol. The van der Waals surface area contributed by atoms with E-state index in [9.17, 15) is 4.79 Å². The maximum atomic E-state index is 12.1. The van der Waals surface area contributed by atoms with Gasteiger partial charge in [0.2, 0.25) is 0 Å². The Morgan fingerprint density at radius 1 is 1.50 bits per heavy atom.